The van der Waals surface area contributed by atoms with Gasteiger partial charge in [-0.3, -0.25) is 9.69 Å². The fourth-order valence-electron chi connectivity index (χ4n) is 4.30. The third kappa shape index (κ3) is 6.82. The van der Waals surface area contributed by atoms with E-state index in [-0.39, 0.29) is 5.97 Å². The van der Waals surface area contributed by atoms with Crippen molar-refractivity contribution in [3.05, 3.63) is 47.2 Å². The maximum atomic E-state index is 11.7. The van der Waals surface area contributed by atoms with Crippen LogP contribution in [0, 0.1) is 5.92 Å². The molecule has 1 saturated heterocycles. The van der Waals surface area contributed by atoms with Gasteiger partial charge in [0.15, 0.2) is 11.5 Å². The van der Waals surface area contributed by atoms with Crippen LogP contribution in [0.2, 0.25) is 0 Å². The van der Waals surface area contributed by atoms with Gasteiger partial charge in [0.1, 0.15) is 12.1 Å². The molecule has 0 unspecified atom stereocenters. The number of halogens is 1. The summed E-state index contributed by atoms with van der Waals surface area (Å²) in [6.07, 6.45) is 4.60. The Kier molecular flexibility index (Phi) is 8.76. The molecular weight excluding hydrogens is 512 g/mol. The first-order valence-electron chi connectivity index (χ1n) is 11.9. The molecule has 35 heavy (non-hydrogen) atoms. The van der Waals surface area contributed by atoms with Crippen LogP contribution >= 0.6 is 15.9 Å². The largest absolute Gasteiger partial charge is 0.493 e. The minimum Gasteiger partial charge on any atom is -0.493 e. The van der Waals surface area contributed by atoms with Crippen LogP contribution in [0.3, 0.4) is 0 Å². The number of hydrogen-bond donors (Lipinski definition) is 1. The summed E-state index contributed by atoms with van der Waals surface area (Å²) in [7, 11) is 1.64. The maximum Gasteiger partial charge on any atom is 0.320 e. The Labute approximate surface area is 214 Å². The second-order valence-electron chi connectivity index (χ2n) is 8.54. The van der Waals surface area contributed by atoms with Crippen LogP contribution in [0.4, 0.5) is 11.5 Å². The van der Waals surface area contributed by atoms with Crippen molar-refractivity contribution < 1.29 is 19.0 Å². The molecule has 1 aliphatic rings. The molecule has 2 aromatic carbocycles. The van der Waals surface area contributed by atoms with Crippen LogP contribution in [-0.2, 0) is 9.53 Å². The van der Waals surface area contributed by atoms with Gasteiger partial charge in [0, 0.05) is 21.6 Å². The van der Waals surface area contributed by atoms with E-state index in [1.165, 1.54) is 0 Å². The normalized spacial score (nSPS) is 14.6. The van der Waals surface area contributed by atoms with Crippen LogP contribution < -0.4 is 14.8 Å². The average molecular weight is 543 g/mol. The minimum atomic E-state index is -0.142. The number of ether oxygens (including phenoxy) is 3. The lowest BCUT2D eigenvalue weighted by Gasteiger charge is -2.31. The van der Waals surface area contributed by atoms with Gasteiger partial charge in [-0.2, -0.15) is 0 Å². The van der Waals surface area contributed by atoms with E-state index in [4.69, 9.17) is 14.2 Å². The molecule has 1 aromatic heterocycles. The number of piperidine rings is 1. The van der Waals surface area contributed by atoms with Crippen molar-refractivity contribution in [3.8, 4) is 11.5 Å². The number of aromatic nitrogens is 2. The van der Waals surface area contributed by atoms with E-state index in [1.54, 1.807) is 13.4 Å². The molecule has 1 N–H and O–H groups in total. The zero-order chi connectivity index (χ0) is 24.6. The Morgan fingerprint density at radius 3 is 2.74 bits per heavy atom. The highest BCUT2D eigenvalue weighted by molar-refractivity contribution is 9.10. The number of fused-ring (bicyclic) bond motifs is 1. The van der Waals surface area contributed by atoms with Gasteiger partial charge in [-0.1, -0.05) is 22.0 Å². The van der Waals surface area contributed by atoms with Crippen LogP contribution in [0.15, 0.2) is 47.2 Å². The van der Waals surface area contributed by atoms with Crippen molar-refractivity contribution in [3.63, 3.8) is 0 Å². The van der Waals surface area contributed by atoms with E-state index >= 15 is 0 Å². The lowest BCUT2D eigenvalue weighted by atomic mass is 9.94. The second-order valence-corrected chi connectivity index (χ2v) is 9.46. The summed E-state index contributed by atoms with van der Waals surface area (Å²) >= 11 is 3.50. The number of methoxy groups -OCH3 is 1. The van der Waals surface area contributed by atoms with Crippen LogP contribution in [0.25, 0.3) is 10.9 Å². The number of anilines is 2. The highest BCUT2D eigenvalue weighted by Gasteiger charge is 2.21. The first-order valence-corrected chi connectivity index (χ1v) is 12.7. The first kappa shape index (κ1) is 25.2. The van der Waals surface area contributed by atoms with Crippen molar-refractivity contribution in [2.45, 2.75) is 26.2 Å². The van der Waals surface area contributed by atoms with E-state index in [1.807, 2.05) is 43.3 Å². The zero-order valence-corrected chi connectivity index (χ0v) is 21.7. The summed E-state index contributed by atoms with van der Waals surface area (Å²) in [5.74, 6) is 2.45. The highest BCUT2D eigenvalue weighted by atomic mass is 79.9. The Balaban J connectivity index is 1.36. The molecule has 186 valence electrons. The van der Waals surface area contributed by atoms with Crippen molar-refractivity contribution in [1.82, 2.24) is 14.9 Å². The molecule has 0 amide bonds. The van der Waals surface area contributed by atoms with Crippen molar-refractivity contribution in [2.24, 2.45) is 5.92 Å². The topological polar surface area (TPSA) is 85.8 Å². The summed E-state index contributed by atoms with van der Waals surface area (Å²) in [5, 5.41) is 4.21. The highest BCUT2D eigenvalue weighted by Crippen LogP contribution is 2.35. The van der Waals surface area contributed by atoms with Gasteiger partial charge in [0.2, 0.25) is 0 Å². The molecule has 0 saturated carbocycles. The Hall–Kier alpha value is -2.91. The number of carbonyl (C=O) groups excluding carboxylic acids is 1. The molecule has 0 aliphatic carbocycles. The molecule has 0 spiro atoms. The Morgan fingerprint density at radius 1 is 1.17 bits per heavy atom. The third-order valence-corrected chi connectivity index (χ3v) is 6.65. The number of hydrogen-bond acceptors (Lipinski definition) is 8. The third-order valence-electron chi connectivity index (χ3n) is 6.16. The molecule has 8 nitrogen and oxygen atoms in total. The lowest BCUT2D eigenvalue weighted by Crippen LogP contribution is -2.38. The number of nitrogens with one attached hydrogen (secondary N) is 1. The molecule has 2 heterocycles. The lowest BCUT2D eigenvalue weighted by molar-refractivity contribution is -0.144. The molecule has 4 rings (SSSR count). The quantitative estimate of drug-likeness (QED) is 0.350. The van der Waals surface area contributed by atoms with Crippen molar-refractivity contribution >= 4 is 44.3 Å². The summed E-state index contributed by atoms with van der Waals surface area (Å²) < 4.78 is 17.8. The standard InChI is InChI=1S/C26H31BrN4O4/c1-3-34-25(32)16-31-10-7-18(8-11-31)9-12-35-24-15-22-21(14-23(24)33-2)26(29-17-28-22)30-20-6-4-5-19(27)13-20/h4-6,13-15,17-18H,3,7-12,16H2,1-2H3,(H,28,29,30). The van der Waals surface area contributed by atoms with Crippen molar-refractivity contribution in [2.75, 3.05) is 45.3 Å². The molecule has 0 radical (unpaired) electrons. The van der Waals surface area contributed by atoms with Crippen LogP contribution in [0.5, 0.6) is 11.5 Å². The Morgan fingerprint density at radius 2 is 2.00 bits per heavy atom. The molecule has 1 aliphatic heterocycles. The monoisotopic (exact) mass is 542 g/mol. The van der Waals surface area contributed by atoms with E-state index in [0.29, 0.717) is 43.0 Å². The zero-order valence-electron chi connectivity index (χ0n) is 20.1. The van der Waals surface area contributed by atoms with Gasteiger partial charge in [-0.25, -0.2) is 9.97 Å². The number of carbonyl (C=O) groups is 1. The summed E-state index contributed by atoms with van der Waals surface area (Å²) in [5.41, 5.74) is 1.70. The predicted molar refractivity (Wildman–Crippen MR) is 139 cm³/mol. The summed E-state index contributed by atoms with van der Waals surface area (Å²) in [6, 6.07) is 11.7. The number of rotatable bonds is 10. The number of nitrogens with zero attached hydrogens (tertiary/aromatic N) is 3. The van der Waals surface area contributed by atoms with Gasteiger partial charge < -0.3 is 19.5 Å². The summed E-state index contributed by atoms with van der Waals surface area (Å²) in [6.45, 7) is 5.06. The van der Waals surface area contributed by atoms with Crippen LogP contribution in [0.1, 0.15) is 26.2 Å². The maximum absolute atomic E-state index is 11.7. The fourth-order valence-corrected chi connectivity index (χ4v) is 4.70. The van der Waals surface area contributed by atoms with Gasteiger partial charge in [0.05, 0.1) is 32.4 Å². The van der Waals surface area contributed by atoms with Gasteiger partial charge in [0.25, 0.3) is 0 Å². The van der Waals surface area contributed by atoms with Gasteiger partial charge in [-0.05, 0) is 69.5 Å². The predicted octanol–water partition coefficient (Wildman–Crippen LogP) is 5.19. The molecule has 3 aromatic rings. The number of esters is 1. The molecule has 0 atom stereocenters. The van der Waals surface area contributed by atoms with Crippen LogP contribution in [-0.4, -0.2) is 60.8 Å². The minimum absolute atomic E-state index is 0.142. The first-order chi connectivity index (χ1) is 17.1. The second kappa shape index (κ2) is 12.2. The van der Waals surface area contributed by atoms with E-state index in [2.05, 4.69) is 36.1 Å². The fraction of sp³-hybridized carbons (Fsp3) is 0.423. The van der Waals surface area contributed by atoms with E-state index in [9.17, 15) is 4.79 Å². The molecule has 1 fully saturated rings. The van der Waals surface area contributed by atoms with E-state index in [0.717, 1.165) is 53.4 Å². The average Bonchev–Trinajstić information content (AvgIpc) is 2.85. The SMILES string of the molecule is CCOC(=O)CN1CCC(CCOc2cc3ncnc(Nc4cccc(Br)c4)c3cc2OC)CC1. The molecule has 0 bridgehead atoms. The molecule has 9 heteroatoms. The number of likely N-dealkylation sites (tertiary alicyclic amines) is 1. The van der Waals surface area contributed by atoms with Gasteiger partial charge >= 0.3 is 5.97 Å². The smallest absolute Gasteiger partial charge is 0.320 e. The van der Waals surface area contributed by atoms with Gasteiger partial charge in [-0.15, -0.1) is 0 Å². The molecular formula is C26H31BrN4O4. The van der Waals surface area contributed by atoms with Crippen molar-refractivity contribution in [1.29, 1.82) is 0 Å². The summed E-state index contributed by atoms with van der Waals surface area (Å²) in [4.78, 5) is 22.7. The van der Waals surface area contributed by atoms with E-state index < -0.39 is 0 Å². The Bertz CT molecular complexity index is 1150. The number of benzene rings is 2.